The molecule has 2 atom stereocenters. The minimum absolute atomic E-state index is 0.0717. The van der Waals surface area contributed by atoms with Gasteiger partial charge in [-0.05, 0) is 111 Å². The first kappa shape index (κ1) is 25.0. The Morgan fingerprint density at radius 2 is 1.61 bits per heavy atom. The normalized spacial score (nSPS) is 20.1. The van der Waals surface area contributed by atoms with Crippen molar-refractivity contribution in [2.45, 2.75) is 44.6 Å². The van der Waals surface area contributed by atoms with Gasteiger partial charge in [0.1, 0.15) is 17.2 Å². The lowest BCUT2D eigenvalue weighted by Gasteiger charge is -2.35. The first-order chi connectivity index (χ1) is 18.6. The maximum Gasteiger partial charge on any atom is 0.195 e. The second kappa shape index (κ2) is 10.8. The van der Waals surface area contributed by atoms with Gasteiger partial charge < -0.3 is 14.9 Å². The zero-order valence-corrected chi connectivity index (χ0v) is 22.3. The summed E-state index contributed by atoms with van der Waals surface area (Å²) in [6, 6.07) is 20.1. The summed E-state index contributed by atoms with van der Waals surface area (Å²) in [5, 5.41) is 20.6. The molecule has 0 amide bonds. The van der Waals surface area contributed by atoms with Crippen molar-refractivity contribution < 1.29 is 19.7 Å². The minimum Gasteiger partial charge on any atom is -0.508 e. The number of hydrogen-bond donors (Lipinski definition) is 2. The highest BCUT2D eigenvalue weighted by molar-refractivity contribution is 7.22. The maximum absolute atomic E-state index is 13.8. The fraction of sp³-hybridized carbons (Fsp3) is 0.344. The molecule has 5 nitrogen and oxygen atoms in total. The molecule has 196 valence electrons. The Labute approximate surface area is 227 Å². The average Bonchev–Trinajstić information content (AvgIpc) is 3.57. The molecule has 1 aliphatic carbocycles. The van der Waals surface area contributed by atoms with Crippen LogP contribution >= 0.6 is 11.3 Å². The van der Waals surface area contributed by atoms with E-state index in [0.717, 1.165) is 32.9 Å². The van der Waals surface area contributed by atoms with Crippen LogP contribution in [-0.2, 0) is 0 Å². The summed E-state index contributed by atoms with van der Waals surface area (Å²) >= 11 is 1.47. The van der Waals surface area contributed by atoms with Gasteiger partial charge in [0.25, 0.3) is 0 Å². The highest BCUT2D eigenvalue weighted by Gasteiger charge is 2.33. The molecule has 1 saturated carbocycles. The summed E-state index contributed by atoms with van der Waals surface area (Å²) < 4.78 is 7.08. The van der Waals surface area contributed by atoms with Crippen LogP contribution in [0.5, 0.6) is 17.2 Å². The van der Waals surface area contributed by atoms with Crippen molar-refractivity contribution in [3.63, 3.8) is 0 Å². The SMILES string of the molecule is O=C(c1ccc(OCC2CCCC2N2CCCCC2)cc1)c1c(-c2ccc(O)cc2)sc2cc(O)ccc12. The minimum atomic E-state index is -0.0717. The fourth-order valence-electron chi connectivity index (χ4n) is 6.12. The van der Waals surface area contributed by atoms with Crippen LogP contribution in [0, 0.1) is 5.92 Å². The highest BCUT2D eigenvalue weighted by Crippen LogP contribution is 2.41. The molecular weight excluding hydrogens is 494 g/mol. The van der Waals surface area contributed by atoms with Gasteiger partial charge in [-0.3, -0.25) is 9.69 Å². The topological polar surface area (TPSA) is 70.0 Å². The molecule has 1 aromatic heterocycles. The standard InChI is InChI=1S/C32H33NO4S/c34-24-11-7-22(8-12-24)32-30(27-16-13-25(35)19-29(27)38-32)31(36)21-9-14-26(15-10-21)37-20-23-5-4-6-28(23)33-17-2-1-3-18-33/h7-16,19,23,28,34-35H,1-6,17-18,20H2. The molecule has 0 spiro atoms. The molecule has 3 aromatic carbocycles. The lowest BCUT2D eigenvalue weighted by molar-refractivity contribution is 0.104. The van der Waals surface area contributed by atoms with Gasteiger partial charge in [-0.1, -0.05) is 12.8 Å². The summed E-state index contributed by atoms with van der Waals surface area (Å²) in [6.45, 7) is 3.17. The Morgan fingerprint density at radius 3 is 2.37 bits per heavy atom. The molecule has 2 unspecified atom stereocenters. The van der Waals surface area contributed by atoms with Crippen molar-refractivity contribution in [2.75, 3.05) is 19.7 Å². The van der Waals surface area contributed by atoms with Crippen LogP contribution < -0.4 is 4.74 Å². The van der Waals surface area contributed by atoms with Gasteiger partial charge in [0, 0.05) is 38.0 Å². The van der Waals surface area contributed by atoms with E-state index < -0.39 is 0 Å². The molecule has 0 radical (unpaired) electrons. The molecule has 4 aromatic rings. The van der Waals surface area contributed by atoms with Crippen LogP contribution in [0.1, 0.15) is 54.4 Å². The van der Waals surface area contributed by atoms with E-state index in [2.05, 4.69) is 4.90 Å². The van der Waals surface area contributed by atoms with E-state index in [1.165, 1.54) is 63.0 Å². The number of ether oxygens (including phenoxy) is 1. The zero-order valence-electron chi connectivity index (χ0n) is 21.4. The average molecular weight is 528 g/mol. The quantitative estimate of drug-likeness (QED) is 0.248. The van der Waals surface area contributed by atoms with Crippen molar-refractivity contribution in [3.05, 3.63) is 77.9 Å². The molecular formula is C32H33NO4S. The number of thiophene rings is 1. The number of phenolic OH excluding ortho intramolecular Hbond substituents is 2. The van der Waals surface area contributed by atoms with E-state index >= 15 is 0 Å². The highest BCUT2D eigenvalue weighted by atomic mass is 32.1. The molecule has 6 heteroatoms. The van der Waals surface area contributed by atoms with Crippen molar-refractivity contribution in [2.24, 2.45) is 5.92 Å². The predicted molar refractivity (Wildman–Crippen MR) is 153 cm³/mol. The van der Waals surface area contributed by atoms with Crippen LogP contribution in [0.25, 0.3) is 20.5 Å². The summed E-state index contributed by atoms with van der Waals surface area (Å²) in [5.74, 6) is 1.63. The first-order valence-electron chi connectivity index (χ1n) is 13.6. The van der Waals surface area contributed by atoms with E-state index in [0.29, 0.717) is 23.1 Å². The smallest absolute Gasteiger partial charge is 0.195 e. The van der Waals surface area contributed by atoms with Gasteiger partial charge in [-0.2, -0.15) is 0 Å². The van der Waals surface area contributed by atoms with Crippen LogP contribution in [0.2, 0.25) is 0 Å². The molecule has 2 heterocycles. The number of fused-ring (bicyclic) bond motifs is 1. The summed E-state index contributed by atoms with van der Waals surface area (Å²) in [4.78, 5) is 17.3. The van der Waals surface area contributed by atoms with Crippen LogP contribution in [0.3, 0.4) is 0 Å². The van der Waals surface area contributed by atoms with E-state index in [-0.39, 0.29) is 17.3 Å². The second-order valence-electron chi connectivity index (χ2n) is 10.6. The van der Waals surface area contributed by atoms with Gasteiger partial charge in [-0.15, -0.1) is 11.3 Å². The largest absolute Gasteiger partial charge is 0.508 e. The molecule has 1 saturated heterocycles. The Bertz CT molecular complexity index is 1420. The van der Waals surface area contributed by atoms with Crippen LogP contribution in [0.4, 0.5) is 0 Å². The Morgan fingerprint density at radius 1 is 0.868 bits per heavy atom. The van der Waals surface area contributed by atoms with Crippen LogP contribution in [-0.4, -0.2) is 46.6 Å². The first-order valence-corrected chi connectivity index (χ1v) is 14.4. The number of benzene rings is 3. The molecule has 6 rings (SSSR count). The predicted octanol–water partition coefficient (Wildman–Crippen LogP) is 7.24. The molecule has 2 fully saturated rings. The Kier molecular flexibility index (Phi) is 7.09. The summed E-state index contributed by atoms with van der Waals surface area (Å²) in [5.41, 5.74) is 2.06. The van der Waals surface area contributed by atoms with E-state index in [1.807, 2.05) is 36.4 Å². The third-order valence-corrected chi connectivity index (χ3v) is 9.29. The molecule has 2 N–H and O–H groups in total. The molecule has 0 bridgehead atoms. The number of carbonyl (C=O) groups is 1. The number of ketones is 1. The van der Waals surface area contributed by atoms with Gasteiger partial charge in [0.2, 0.25) is 0 Å². The third-order valence-electron chi connectivity index (χ3n) is 8.09. The molecule has 1 aliphatic heterocycles. The van der Waals surface area contributed by atoms with E-state index in [9.17, 15) is 15.0 Å². The van der Waals surface area contributed by atoms with Gasteiger partial charge >= 0.3 is 0 Å². The Balaban J connectivity index is 1.21. The van der Waals surface area contributed by atoms with Crippen molar-refractivity contribution in [1.82, 2.24) is 4.90 Å². The number of nitrogens with zero attached hydrogens (tertiary/aromatic N) is 1. The van der Waals surface area contributed by atoms with Gasteiger partial charge in [0.05, 0.1) is 6.61 Å². The fourth-order valence-corrected chi connectivity index (χ4v) is 7.36. The monoisotopic (exact) mass is 527 g/mol. The number of aromatic hydroxyl groups is 2. The molecule has 2 aliphatic rings. The number of rotatable bonds is 7. The number of hydrogen-bond acceptors (Lipinski definition) is 6. The van der Waals surface area contributed by atoms with Gasteiger partial charge in [0.15, 0.2) is 5.78 Å². The number of phenols is 2. The Hall–Kier alpha value is -3.35. The van der Waals surface area contributed by atoms with E-state index in [4.69, 9.17) is 4.74 Å². The number of piperidine rings is 1. The molecule has 38 heavy (non-hydrogen) atoms. The van der Waals surface area contributed by atoms with E-state index in [1.54, 1.807) is 30.3 Å². The van der Waals surface area contributed by atoms with Crippen molar-refractivity contribution in [1.29, 1.82) is 0 Å². The van der Waals surface area contributed by atoms with Crippen LogP contribution in [0.15, 0.2) is 66.7 Å². The lowest BCUT2D eigenvalue weighted by Crippen LogP contribution is -2.42. The summed E-state index contributed by atoms with van der Waals surface area (Å²) in [6.07, 6.45) is 7.76. The van der Waals surface area contributed by atoms with Gasteiger partial charge in [-0.25, -0.2) is 0 Å². The maximum atomic E-state index is 13.8. The zero-order chi connectivity index (χ0) is 26.1. The van der Waals surface area contributed by atoms with Crippen molar-refractivity contribution >= 4 is 27.2 Å². The van der Waals surface area contributed by atoms with Crippen molar-refractivity contribution in [3.8, 4) is 27.7 Å². The lowest BCUT2D eigenvalue weighted by atomic mass is 9.97. The third kappa shape index (κ3) is 5.03. The second-order valence-corrected chi connectivity index (χ2v) is 11.6. The number of carbonyl (C=O) groups excluding carboxylic acids is 1. The number of likely N-dealkylation sites (tertiary alicyclic amines) is 1. The summed E-state index contributed by atoms with van der Waals surface area (Å²) in [7, 11) is 0.